The first kappa shape index (κ1) is 15.2. The number of furan rings is 1. The normalized spacial score (nSPS) is 12.3. The number of carbonyl (C=O) groups excluding carboxylic acids is 1. The lowest BCUT2D eigenvalue weighted by Crippen LogP contribution is -2.26. The number of aryl methyl sites for hydroxylation is 1. The lowest BCUT2D eigenvalue weighted by molar-refractivity contribution is 0.0701. The molecule has 1 aromatic carbocycles. The van der Waals surface area contributed by atoms with E-state index in [1.807, 2.05) is 18.2 Å². The number of hydrogen-bond donors (Lipinski definition) is 2. The Morgan fingerprint density at radius 3 is 2.78 bits per heavy atom. The fourth-order valence-electron chi connectivity index (χ4n) is 2.29. The molecule has 0 unspecified atom stereocenters. The number of para-hydroxylation sites is 1. The highest BCUT2D eigenvalue weighted by molar-refractivity contribution is 7.13. The van der Waals surface area contributed by atoms with Crippen molar-refractivity contribution in [3.8, 4) is 0 Å². The number of carboxylic acid groups (broad SMARTS) is 1. The molecular formula is C16H14N2O4S. The van der Waals surface area contributed by atoms with Crippen LogP contribution in [0.15, 0.2) is 34.9 Å². The molecule has 0 fully saturated rings. The Hall–Kier alpha value is -2.67. The van der Waals surface area contributed by atoms with Crippen molar-refractivity contribution in [1.82, 2.24) is 10.3 Å². The summed E-state index contributed by atoms with van der Waals surface area (Å²) in [5.41, 5.74) is 1.54. The molecule has 2 N–H and O–H groups in total. The third-order valence-corrected chi connectivity index (χ3v) is 4.78. The van der Waals surface area contributed by atoms with E-state index in [0.717, 1.165) is 16.7 Å². The van der Waals surface area contributed by atoms with Gasteiger partial charge in [-0.1, -0.05) is 18.2 Å². The van der Waals surface area contributed by atoms with Gasteiger partial charge in [-0.25, -0.2) is 9.78 Å². The topological polar surface area (TPSA) is 92.4 Å². The molecular weight excluding hydrogens is 316 g/mol. The van der Waals surface area contributed by atoms with Crippen molar-refractivity contribution in [2.45, 2.75) is 19.9 Å². The Morgan fingerprint density at radius 1 is 1.35 bits per heavy atom. The van der Waals surface area contributed by atoms with Crippen molar-refractivity contribution in [3.05, 3.63) is 51.7 Å². The number of amides is 1. The minimum Gasteiger partial charge on any atom is -0.477 e. The van der Waals surface area contributed by atoms with Crippen LogP contribution in [-0.2, 0) is 0 Å². The van der Waals surface area contributed by atoms with E-state index < -0.39 is 12.0 Å². The van der Waals surface area contributed by atoms with Crippen LogP contribution in [0.1, 0.15) is 43.7 Å². The average molecular weight is 330 g/mol. The van der Waals surface area contributed by atoms with Crippen LogP contribution in [0.3, 0.4) is 0 Å². The highest BCUT2D eigenvalue weighted by Gasteiger charge is 2.21. The molecule has 0 aliphatic carbocycles. The Labute approximate surface area is 135 Å². The van der Waals surface area contributed by atoms with Crippen LogP contribution in [0.4, 0.5) is 0 Å². The van der Waals surface area contributed by atoms with E-state index in [2.05, 4.69) is 10.3 Å². The molecule has 6 nitrogen and oxygen atoms in total. The third-order valence-electron chi connectivity index (χ3n) is 3.45. The zero-order valence-corrected chi connectivity index (χ0v) is 13.3. The Kier molecular flexibility index (Phi) is 3.87. The van der Waals surface area contributed by atoms with Crippen LogP contribution < -0.4 is 5.32 Å². The number of thiazole rings is 1. The standard InChI is InChI=1S/C16H14N2O4S/c1-8-13(16(20)21)23-15(18-8)9(2)17-14(19)11-7-22-12-6-4-3-5-10(11)12/h3-7,9H,1-2H3,(H,17,19)(H,20,21)/t9-/m0/s1. The summed E-state index contributed by atoms with van der Waals surface area (Å²) < 4.78 is 5.36. The number of aromatic nitrogens is 1. The summed E-state index contributed by atoms with van der Waals surface area (Å²) in [6.45, 7) is 3.41. The zero-order valence-electron chi connectivity index (χ0n) is 12.5. The molecule has 3 rings (SSSR count). The van der Waals surface area contributed by atoms with Crippen LogP contribution in [-0.4, -0.2) is 22.0 Å². The molecule has 118 valence electrons. The van der Waals surface area contributed by atoms with Crippen LogP contribution >= 0.6 is 11.3 Å². The van der Waals surface area contributed by atoms with E-state index in [0.29, 0.717) is 21.8 Å². The molecule has 0 aliphatic heterocycles. The number of nitrogens with zero attached hydrogens (tertiary/aromatic N) is 1. The number of benzene rings is 1. The van der Waals surface area contributed by atoms with Crippen molar-refractivity contribution < 1.29 is 19.1 Å². The van der Waals surface area contributed by atoms with E-state index >= 15 is 0 Å². The maximum atomic E-state index is 12.4. The van der Waals surface area contributed by atoms with E-state index in [-0.39, 0.29) is 10.8 Å². The number of hydrogen-bond acceptors (Lipinski definition) is 5. The molecule has 1 amide bonds. The van der Waals surface area contributed by atoms with Gasteiger partial charge in [-0.2, -0.15) is 0 Å². The second kappa shape index (κ2) is 5.85. The Bertz CT molecular complexity index is 897. The van der Waals surface area contributed by atoms with E-state index in [4.69, 9.17) is 9.52 Å². The monoisotopic (exact) mass is 330 g/mol. The summed E-state index contributed by atoms with van der Waals surface area (Å²) in [6.07, 6.45) is 1.42. The summed E-state index contributed by atoms with van der Waals surface area (Å²) in [6, 6.07) is 6.88. The fourth-order valence-corrected chi connectivity index (χ4v) is 3.20. The maximum Gasteiger partial charge on any atom is 0.347 e. The van der Waals surface area contributed by atoms with Gasteiger partial charge in [0, 0.05) is 5.39 Å². The van der Waals surface area contributed by atoms with Gasteiger partial charge in [0.2, 0.25) is 0 Å². The van der Waals surface area contributed by atoms with Gasteiger partial charge in [0.1, 0.15) is 21.7 Å². The van der Waals surface area contributed by atoms with Gasteiger partial charge in [-0.15, -0.1) is 11.3 Å². The van der Waals surface area contributed by atoms with Gasteiger partial charge in [0.05, 0.1) is 17.3 Å². The number of fused-ring (bicyclic) bond motifs is 1. The number of carboxylic acids is 1. The molecule has 2 heterocycles. The molecule has 1 atom stereocenters. The summed E-state index contributed by atoms with van der Waals surface area (Å²) in [5.74, 6) is -1.29. The Morgan fingerprint density at radius 2 is 2.09 bits per heavy atom. The van der Waals surface area contributed by atoms with E-state index in [1.165, 1.54) is 6.26 Å². The lowest BCUT2D eigenvalue weighted by atomic mass is 10.1. The number of aromatic carboxylic acids is 1. The first-order valence-corrected chi connectivity index (χ1v) is 7.76. The minimum absolute atomic E-state index is 0.190. The Balaban J connectivity index is 1.82. The van der Waals surface area contributed by atoms with Crippen LogP contribution in [0, 0.1) is 6.92 Å². The first-order valence-electron chi connectivity index (χ1n) is 6.95. The average Bonchev–Trinajstić information content (AvgIpc) is 3.10. The molecule has 0 bridgehead atoms. The minimum atomic E-state index is -1.01. The van der Waals surface area contributed by atoms with Crippen LogP contribution in [0.25, 0.3) is 11.0 Å². The van der Waals surface area contributed by atoms with Gasteiger partial charge in [0.25, 0.3) is 5.91 Å². The number of nitrogens with one attached hydrogen (secondary N) is 1. The molecule has 0 radical (unpaired) electrons. The van der Waals surface area contributed by atoms with Crippen molar-refractivity contribution >= 4 is 34.2 Å². The van der Waals surface area contributed by atoms with Crippen molar-refractivity contribution in [1.29, 1.82) is 0 Å². The number of carbonyl (C=O) groups is 2. The predicted molar refractivity (Wildman–Crippen MR) is 85.9 cm³/mol. The fraction of sp³-hybridized carbons (Fsp3) is 0.188. The van der Waals surface area contributed by atoms with E-state index in [1.54, 1.807) is 19.9 Å². The molecule has 23 heavy (non-hydrogen) atoms. The molecule has 7 heteroatoms. The van der Waals surface area contributed by atoms with Gasteiger partial charge in [0.15, 0.2) is 0 Å². The van der Waals surface area contributed by atoms with Gasteiger partial charge in [-0.05, 0) is 19.9 Å². The largest absolute Gasteiger partial charge is 0.477 e. The molecule has 0 spiro atoms. The highest BCUT2D eigenvalue weighted by Crippen LogP contribution is 2.25. The van der Waals surface area contributed by atoms with Crippen LogP contribution in [0.2, 0.25) is 0 Å². The smallest absolute Gasteiger partial charge is 0.347 e. The van der Waals surface area contributed by atoms with Crippen molar-refractivity contribution in [2.24, 2.45) is 0 Å². The molecule has 0 aliphatic rings. The lowest BCUT2D eigenvalue weighted by Gasteiger charge is -2.10. The highest BCUT2D eigenvalue weighted by atomic mass is 32.1. The van der Waals surface area contributed by atoms with Crippen LogP contribution in [0.5, 0.6) is 0 Å². The summed E-state index contributed by atoms with van der Waals surface area (Å²) in [5, 5.41) is 13.2. The summed E-state index contributed by atoms with van der Waals surface area (Å²) in [7, 11) is 0. The number of rotatable bonds is 4. The van der Waals surface area contributed by atoms with Crippen molar-refractivity contribution in [2.75, 3.05) is 0 Å². The SMILES string of the molecule is Cc1nc([C@H](C)NC(=O)c2coc3ccccc23)sc1C(=O)O. The molecule has 2 aromatic heterocycles. The first-order chi connectivity index (χ1) is 11.0. The zero-order chi connectivity index (χ0) is 16.6. The van der Waals surface area contributed by atoms with Crippen molar-refractivity contribution in [3.63, 3.8) is 0 Å². The second-order valence-electron chi connectivity index (χ2n) is 5.11. The molecule has 3 aromatic rings. The second-order valence-corrected chi connectivity index (χ2v) is 6.14. The summed E-state index contributed by atoms with van der Waals surface area (Å²) >= 11 is 1.07. The van der Waals surface area contributed by atoms with E-state index in [9.17, 15) is 9.59 Å². The quantitative estimate of drug-likeness (QED) is 0.765. The van der Waals surface area contributed by atoms with Gasteiger partial charge < -0.3 is 14.8 Å². The third kappa shape index (κ3) is 2.83. The predicted octanol–water partition coefficient (Wildman–Crippen LogP) is 3.39. The molecule has 0 saturated heterocycles. The van der Waals surface area contributed by atoms with Gasteiger partial charge >= 0.3 is 5.97 Å². The molecule has 0 saturated carbocycles. The summed E-state index contributed by atoms with van der Waals surface area (Å²) in [4.78, 5) is 27.9. The maximum absolute atomic E-state index is 12.4. The van der Waals surface area contributed by atoms with Gasteiger partial charge in [-0.3, -0.25) is 4.79 Å².